The summed E-state index contributed by atoms with van der Waals surface area (Å²) in [5.41, 5.74) is 12.7. The lowest BCUT2D eigenvalue weighted by molar-refractivity contribution is 0.827. The van der Waals surface area contributed by atoms with Crippen molar-refractivity contribution in [3.05, 3.63) is 187 Å². The molecule has 1 aliphatic carbocycles. The molecule has 3 heteroatoms. The van der Waals surface area contributed by atoms with Gasteiger partial charge >= 0.3 is 0 Å². The molecule has 0 bridgehead atoms. The molecule has 3 heterocycles. The molecule has 0 amide bonds. The molecule has 1 unspecified atom stereocenters. The molecule has 240 valence electrons. The van der Waals surface area contributed by atoms with Gasteiger partial charge in [0.2, 0.25) is 0 Å². The molecule has 0 fully saturated rings. The van der Waals surface area contributed by atoms with Crippen LogP contribution in [-0.2, 0) is 6.42 Å². The van der Waals surface area contributed by atoms with Crippen molar-refractivity contribution < 1.29 is 0 Å². The van der Waals surface area contributed by atoms with Crippen molar-refractivity contribution in [2.24, 2.45) is 0 Å². The van der Waals surface area contributed by atoms with E-state index in [0.717, 1.165) is 6.42 Å². The summed E-state index contributed by atoms with van der Waals surface area (Å²) in [5, 5.41) is 6.57. The van der Waals surface area contributed by atoms with E-state index in [1.165, 1.54) is 92.2 Å². The smallest absolute Gasteiger partial charge is 0.0541 e. The number of nitrogens with zero attached hydrogens (tertiary/aromatic N) is 2. The van der Waals surface area contributed by atoms with Crippen molar-refractivity contribution >= 4 is 70.3 Å². The van der Waals surface area contributed by atoms with Crippen molar-refractivity contribution in [1.82, 2.24) is 9.13 Å². The third kappa shape index (κ3) is 4.42. The van der Waals surface area contributed by atoms with E-state index in [-0.39, 0.29) is 0 Å². The van der Waals surface area contributed by atoms with Gasteiger partial charge in [-0.25, -0.2) is 0 Å². The van der Waals surface area contributed by atoms with Crippen molar-refractivity contribution in [2.45, 2.75) is 12.3 Å². The fourth-order valence-electron chi connectivity index (χ4n) is 8.51. The molecule has 51 heavy (non-hydrogen) atoms. The van der Waals surface area contributed by atoms with Crippen molar-refractivity contribution in [1.29, 1.82) is 0 Å². The molecule has 0 N–H and O–H groups in total. The molecule has 0 saturated carbocycles. The van der Waals surface area contributed by atoms with Crippen LogP contribution in [0.25, 0.3) is 81.5 Å². The van der Waals surface area contributed by atoms with E-state index in [1.54, 1.807) is 0 Å². The van der Waals surface area contributed by atoms with E-state index < -0.39 is 0 Å². The van der Waals surface area contributed by atoms with Crippen LogP contribution in [-0.4, -0.2) is 9.13 Å². The third-order valence-corrected chi connectivity index (χ3v) is 12.0. The lowest BCUT2D eigenvalue weighted by Gasteiger charge is -2.19. The van der Waals surface area contributed by atoms with Gasteiger partial charge in [0.05, 0.1) is 16.6 Å². The first-order chi connectivity index (χ1) is 25.3. The molecule has 0 aliphatic heterocycles. The number of rotatable bonds is 4. The molecule has 0 radical (unpaired) electrons. The predicted octanol–water partition coefficient (Wildman–Crippen LogP) is 13.1. The number of para-hydroxylation sites is 3. The van der Waals surface area contributed by atoms with Gasteiger partial charge in [-0.1, -0.05) is 103 Å². The Bertz CT molecular complexity index is 2990. The molecule has 11 rings (SSSR count). The number of aromatic nitrogens is 2. The number of benzene rings is 7. The van der Waals surface area contributed by atoms with Gasteiger partial charge in [-0.05, 0) is 101 Å². The number of allylic oxidation sites excluding steroid dienone is 1. The fraction of sp³-hybridized carbons (Fsp3) is 0.0417. The van der Waals surface area contributed by atoms with Crippen LogP contribution in [0.5, 0.6) is 0 Å². The highest BCUT2D eigenvalue weighted by Crippen LogP contribution is 2.42. The Morgan fingerprint density at radius 1 is 0.451 bits per heavy atom. The second-order valence-corrected chi connectivity index (χ2v) is 14.8. The number of fused-ring (bicyclic) bond motifs is 9. The van der Waals surface area contributed by atoms with E-state index in [9.17, 15) is 0 Å². The van der Waals surface area contributed by atoms with Crippen LogP contribution in [0, 0.1) is 0 Å². The first-order valence-corrected chi connectivity index (χ1v) is 18.5. The van der Waals surface area contributed by atoms with Gasteiger partial charge < -0.3 is 9.13 Å². The second-order valence-electron chi connectivity index (χ2n) is 13.7. The van der Waals surface area contributed by atoms with Gasteiger partial charge in [0.1, 0.15) is 0 Å². The van der Waals surface area contributed by atoms with Gasteiger partial charge in [0, 0.05) is 59.3 Å². The SMILES string of the molecule is C1=CC(c2ccc3sc4ccc(-n5c6ccccc6c6cc(-c7ccccc7)ccc65)cc4c3c2)Cc2c1n(-c1ccccc1)c1ccccc21. The molecule has 0 spiro atoms. The summed E-state index contributed by atoms with van der Waals surface area (Å²) in [7, 11) is 0. The van der Waals surface area contributed by atoms with Crippen LogP contribution < -0.4 is 0 Å². The standard InChI is InChI=1S/C48H32N2S/c1-3-11-31(12-4-1)32-19-23-46-39(27-32)38-16-8-10-18-44(38)50(46)36-22-26-48-42(30-36)41-29-34(21-25-47(41)51-48)33-20-24-45-40(28-33)37-15-7-9-17-43(37)49(45)35-13-5-2-6-14-35/h1-27,29-30,33H,28H2. The van der Waals surface area contributed by atoms with Gasteiger partial charge in [-0.15, -0.1) is 11.3 Å². The summed E-state index contributed by atoms with van der Waals surface area (Å²) in [4.78, 5) is 0. The Morgan fingerprint density at radius 2 is 1.12 bits per heavy atom. The summed E-state index contributed by atoms with van der Waals surface area (Å²) in [5.74, 6) is 0.311. The van der Waals surface area contributed by atoms with E-state index in [2.05, 4.69) is 185 Å². The lowest BCUT2D eigenvalue weighted by atomic mass is 9.86. The van der Waals surface area contributed by atoms with Crippen molar-refractivity contribution in [3.8, 4) is 22.5 Å². The normalized spacial score (nSPS) is 14.3. The molecule has 1 aliphatic rings. The summed E-state index contributed by atoms with van der Waals surface area (Å²) in [6.45, 7) is 0. The maximum atomic E-state index is 2.46. The minimum Gasteiger partial charge on any atom is -0.310 e. The number of thiophene rings is 1. The highest BCUT2D eigenvalue weighted by Gasteiger charge is 2.24. The maximum Gasteiger partial charge on any atom is 0.0541 e. The van der Waals surface area contributed by atoms with Crippen LogP contribution in [0.3, 0.4) is 0 Å². The average Bonchev–Trinajstić information content (AvgIpc) is 3.85. The Balaban J connectivity index is 1.03. The van der Waals surface area contributed by atoms with Gasteiger partial charge in [0.15, 0.2) is 0 Å². The second kappa shape index (κ2) is 11.2. The quantitative estimate of drug-likeness (QED) is 0.177. The zero-order chi connectivity index (χ0) is 33.5. The monoisotopic (exact) mass is 668 g/mol. The highest BCUT2D eigenvalue weighted by molar-refractivity contribution is 7.25. The van der Waals surface area contributed by atoms with E-state index in [4.69, 9.17) is 0 Å². The predicted molar refractivity (Wildman–Crippen MR) is 218 cm³/mol. The molecular formula is C48H32N2S. The van der Waals surface area contributed by atoms with Crippen LogP contribution in [0.2, 0.25) is 0 Å². The summed E-state index contributed by atoms with van der Waals surface area (Å²) in [6.07, 6.45) is 5.76. The molecule has 0 saturated heterocycles. The first kappa shape index (κ1) is 28.7. The van der Waals surface area contributed by atoms with Crippen LogP contribution in [0.15, 0.2) is 170 Å². The zero-order valence-corrected chi connectivity index (χ0v) is 28.6. The number of hydrogen-bond acceptors (Lipinski definition) is 1. The lowest BCUT2D eigenvalue weighted by Crippen LogP contribution is -2.07. The van der Waals surface area contributed by atoms with Crippen LogP contribution >= 0.6 is 11.3 Å². The summed E-state index contributed by atoms with van der Waals surface area (Å²) < 4.78 is 7.53. The minimum absolute atomic E-state index is 0.311. The molecule has 3 aromatic heterocycles. The van der Waals surface area contributed by atoms with E-state index in [1.807, 2.05) is 11.3 Å². The topological polar surface area (TPSA) is 9.86 Å². The fourth-order valence-corrected chi connectivity index (χ4v) is 9.58. The average molecular weight is 669 g/mol. The minimum atomic E-state index is 0.311. The van der Waals surface area contributed by atoms with Crippen molar-refractivity contribution in [3.63, 3.8) is 0 Å². The molecule has 10 aromatic rings. The van der Waals surface area contributed by atoms with Crippen LogP contribution in [0.4, 0.5) is 0 Å². The Morgan fingerprint density at radius 3 is 1.94 bits per heavy atom. The Labute approximate surface area is 299 Å². The van der Waals surface area contributed by atoms with Crippen LogP contribution in [0.1, 0.15) is 22.7 Å². The highest BCUT2D eigenvalue weighted by atomic mass is 32.1. The Hall–Kier alpha value is -6.16. The van der Waals surface area contributed by atoms with Crippen molar-refractivity contribution in [2.75, 3.05) is 0 Å². The van der Waals surface area contributed by atoms with E-state index in [0.29, 0.717) is 5.92 Å². The molecule has 7 aromatic carbocycles. The largest absolute Gasteiger partial charge is 0.310 e. The maximum absolute atomic E-state index is 2.46. The third-order valence-electron chi connectivity index (χ3n) is 10.9. The Kier molecular flexibility index (Phi) is 6.28. The molecular weight excluding hydrogens is 637 g/mol. The zero-order valence-electron chi connectivity index (χ0n) is 27.8. The number of hydrogen-bond donors (Lipinski definition) is 0. The van der Waals surface area contributed by atoms with E-state index >= 15 is 0 Å². The first-order valence-electron chi connectivity index (χ1n) is 17.7. The van der Waals surface area contributed by atoms with Gasteiger partial charge in [0.25, 0.3) is 0 Å². The van der Waals surface area contributed by atoms with Gasteiger partial charge in [-0.3, -0.25) is 0 Å². The molecule has 2 nitrogen and oxygen atoms in total. The van der Waals surface area contributed by atoms with Gasteiger partial charge in [-0.2, -0.15) is 0 Å². The summed E-state index contributed by atoms with van der Waals surface area (Å²) in [6, 6.07) is 60.2. The molecule has 1 atom stereocenters. The summed E-state index contributed by atoms with van der Waals surface area (Å²) >= 11 is 1.89.